The van der Waals surface area contributed by atoms with Crippen molar-refractivity contribution in [2.24, 2.45) is 0 Å². The van der Waals surface area contributed by atoms with Gasteiger partial charge in [-0.2, -0.15) is 0 Å². The molecule has 0 radical (unpaired) electrons. The van der Waals surface area contributed by atoms with E-state index in [4.69, 9.17) is 4.74 Å². The number of carbonyl (C=O) groups excluding carboxylic acids is 1. The summed E-state index contributed by atoms with van der Waals surface area (Å²) in [4.78, 5) is 13.2. The lowest BCUT2D eigenvalue weighted by Gasteiger charge is -2.42. The lowest BCUT2D eigenvalue weighted by molar-refractivity contribution is -0.149. The Morgan fingerprint density at radius 2 is 2.31 bits per heavy atom. The van der Waals surface area contributed by atoms with Crippen molar-refractivity contribution in [3.8, 4) is 0 Å². The summed E-state index contributed by atoms with van der Waals surface area (Å²) in [6.45, 7) is 10.7. The summed E-state index contributed by atoms with van der Waals surface area (Å²) in [5.41, 5.74) is -0.231. The molecular weight excluding hydrogens is 166 g/mol. The highest BCUT2D eigenvalue weighted by Gasteiger charge is 2.33. The number of hydrogen-bond acceptors (Lipinski definition) is 2. The predicted octanol–water partition coefficient (Wildman–Crippen LogP) is 1.20. The molecule has 1 amide bonds. The maximum Gasteiger partial charge on any atom is 0.246 e. The first-order valence-corrected chi connectivity index (χ1v) is 4.53. The van der Waals surface area contributed by atoms with E-state index in [0.717, 1.165) is 0 Å². The fourth-order valence-corrected chi connectivity index (χ4v) is 1.46. The number of morpholine rings is 1. The molecule has 0 spiro atoms. The van der Waals surface area contributed by atoms with Crippen LogP contribution in [0.15, 0.2) is 12.7 Å². The molecule has 1 rings (SSSR count). The first-order chi connectivity index (χ1) is 5.96. The highest BCUT2D eigenvalue weighted by molar-refractivity contribution is 5.87. The zero-order chi connectivity index (χ0) is 10.1. The van der Waals surface area contributed by atoms with Crippen LogP contribution >= 0.6 is 0 Å². The predicted molar refractivity (Wildman–Crippen MR) is 51.4 cm³/mol. The lowest BCUT2D eigenvalue weighted by Crippen LogP contribution is -2.54. The van der Waals surface area contributed by atoms with Crippen LogP contribution in [0.25, 0.3) is 0 Å². The van der Waals surface area contributed by atoms with Crippen LogP contribution in [0.1, 0.15) is 20.8 Å². The molecule has 1 saturated heterocycles. The van der Waals surface area contributed by atoms with Crippen LogP contribution in [0.5, 0.6) is 0 Å². The Labute approximate surface area is 79.4 Å². The van der Waals surface area contributed by atoms with E-state index in [-0.39, 0.29) is 17.6 Å². The van der Waals surface area contributed by atoms with Crippen molar-refractivity contribution in [1.82, 2.24) is 4.90 Å². The van der Waals surface area contributed by atoms with Gasteiger partial charge in [-0.1, -0.05) is 6.58 Å². The van der Waals surface area contributed by atoms with Gasteiger partial charge >= 0.3 is 0 Å². The van der Waals surface area contributed by atoms with Gasteiger partial charge in [-0.15, -0.1) is 0 Å². The van der Waals surface area contributed by atoms with Gasteiger partial charge in [0.15, 0.2) is 0 Å². The topological polar surface area (TPSA) is 29.5 Å². The maximum atomic E-state index is 11.4. The Kier molecular flexibility index (Phi) is 2.76. The van der Waals surface area contributed by atoms with E-state index in [1.54, 1.807) is 4.90 Å². The zero-order valence-corrected chi connectivity index (χ0v) is 8.54. The van der Waals surface area contributed by atoms with E-state index in [2.05, 4.69) is 6.58 Å². The molecule has 0 aromatic carbocycles. The second-order valence-electron chi connectivity index (χ2n) is 4.09. The quantitative estimate of drug-likeness (QED) is 0.572. The molecule has 3 heteroatoms. The SMILES string of the molecule is C=CC(=O)N1CC(C)(C)OC[C@@H]1C. The summed E-state index contributed by atoms with van der Waals surface area (Å²) in [6.07, 6.45) is 1.36. The van der Waals surface area contributed by atoms with Crippen molar-refractivity contribution in [1.29, 1.82) is 0 Å². The molecule has 0 unspecified atom stereocenters. The largest absolute Gasteiger partial charge is 0.372 e. The van der Waals surface area contributed by atoms with E-state index >= 15 is 0 Å². The first kappa shape index (κ1) is 10.3. The molecule has 1 atom stereocenters. The van der Waals surface area contributed by atoms with Gasteiger partial charge in [-0.25, -0.2) is 0 Å². The third-order valence-electron chi connectivity index (χ3n) is 2.26. The lowest BCUT2D eigenvalue weighted by atomic mass is 10.0. The van der Waals surface area contributed by atoms with Crippen LogP contribution in [0.3, 0.4) is 0 Å². The van der Waals surface area contributed by atoms with Crippen molar-refractivity contribution in [3.05, 3.63) is 12.7 Å². The Balaban J connectivity index is 2.71. The Hall–Kier alpha value is -0.830. The van der Waals surface area contributed by atoms with Gasteiger partial charge in [-0.05, 0) is 26.8 Å². The van der Waals surface area contributed by atoms with Gasteiger partial charge in [-0.3, -0.25) is 4.79 Å². The molecule has 0 bridgehead atoms. The molecule has 1 aliphatic rings. The van der Waals surface area contributed by atoms with Crippen molar-refractivity contribution in [3.63, 3.8) is 0 Å². The highest BCUT2D eigenvalue weighted by atomic mass is 16.5. The summed E-state index contributed by atoms with van der Waals surface area (Å²) < 4.78 is 5.57. The molecule has 1 heterocycles. The Morgan fingerprint density at radius 1 is 1.69 bits per heavy atom. The molecule has 1 aliphatic heterocycles. The molecule has 0 N–H and O–H groups in total. The number of rotatable bonds is 1. The van der Waals surface area contributed by atoms with Crippen molar-refractivity contribution in [2.45, 2.75) is 32.4 Å². The average Bonchev–Trinajstić information content (AvgIpc) is 2.08. The third-order valence-corrected chi connectivity index (χ3v) is 2.26. The monoisotopic (exact) mass is 183 g/mol. The van der Waals surface area contributed by atoms with E-state index in [1.807, 2.05) is 20.8 Å². The normalized spacial score (nSPS) is 27.0. The molecule has 1 fully saturated rings. The van der Waals surface area contributed by atoms with Gasteiger partial charge < -0.3 is 9.64 Å². The second kappa shape index (κ2) is 3.50. The second-order valence-corrected chi connectivity index (χ2v) is 4.09. The van der Waals surface area contributed by atoms with Crippen LogP contribution in [-0.4, -0.2) is 35.6 Å². The van der Waals surface area contributed by atoms with Gasteiger partial charge in [0.05, 0.1) is 18.2 Å². The minimum Gasteiger partial charge on any atom is -0.372 e. The van der Waals surface area contributed by atoms with Crippen LogP contribution in [-0.2, 0) is 9.53 Å². The molecule has 3 nitrogen and oxygen atoms in total. The van der Waals surface area contributed by atoms with Crippen LogP contribution in [0.2, 0.25) is 0 Å². The van der Waals surface area contributed by atoms with Gasteiger partial charge in [0.25, 0.3) is 0 Å². The summed E-state index contributed by atoms with van der Waals surface area (Å²) in [6, 6.07) is 0.151. The highest BCUT2D eigenvalue weighted by Crippen LogP contribution is 2.20. The van der Waals surface area contributed by atoms with E-state index in [0.29, 0.717) is 13.2 Å². The van der Waals surface area contributed by atoms with Crippen LogP contribution < -0.4 is 0 Å². The molecule has 0 aromatic heterocycles. The molecule has 13 heavy (non-hydrogen) atoms. The minimum atomic E-state index is -0.231. The van der Waals surface area contributed by atoms with Gasteiger partial charge in [0.1, 0.15) is 0 Å². The van der Waals surface area contributed by atoms with E-state index < -0.39 is 0 Å². The Bertz CT molecular complexity index is 223. The number of hydrogen-bond donors (Lipinski definition) is 0. The summed E-state index contributed by atoms with van der Waals surface area (Å²) >= 11 is 0. The molecular formula is C10H17NO2. The zero-order valence-electron chi connectivity index (χ0n) is 8.54. The summed E-state index contributed by atoms with van der Waals surface area (Å²) in [5.74, 6) is -0.0103. The molecule has 74 valence electrons. The fourth-order valence-electron chi connectivity index (χ4n) is 1.46. The van der Waals surface area contributed by atoms with E-state index in [1.165, 1.54) is 6.08 Å². The molecule has 0 aliphatic carbocycles. The summed E-state index contributed by atoms with van der Waals surface area (Å²) in [5, 5.41) is 0. The maximum absolute atomic E-state index is 11.4. The van der Waals surface area contributed by atoms with Gasteiger partial charge in [0, 0.05) is 6.54 Å². The van der Waals surface area contributed by atoms with Crippen molar-refractivity contribution in [2.75, 3.05) is 13.2 Å². The number of nitrogens with zero attached hydrogens (tertiary/aromatic N) is 1. The number of ether oxygens (including phenoxy) is 1. The first-order valence-electron chi connectivity index (χ1n) is 4.53. The summed E-state index contributed by atoms with van der Waals surface area (Å²) in [7, 11) is 0. The Morgan fingerprint density at radius 3 is 2.85 bits per heavy atom. The standard InChI is InChI=1S/C10H17NO2/c1-5-9(12)11-7-10(3,4)13-6-8(11)2/h5,8H,1,6-7H2,2-4H3/t8-/m0/s1. The van der Waals surface area contributed by atoms with Crippen molar-refractivity contribution < 1.29 is 9.53 Å². The minimum absolute atomic E-state index is 0.0103. The van der Waals surface area contributed by atoms with Crippen molar-refractivity contribution >= 4 is 5.91 Å². The third kappa shape index (κ3) is 2.31. The molecule has 0 aromatic rings. The van der Waals surface area contributed by atoms with Crippen LogP contribution in [0.4, 0.5) is 0 Å². The van der Waals surface area contributed by atoms with E-state index in [9.17, 15) is 4.79 Å². The van der Waals surface area contributed by atoms with Crippen LogP contribution in [0, 0.1) is 0 Å². The van der Waals surface area contributed by atoms with Gasteiger partial charge in [0.2, 0.25) is 5.91 Å². The average molecular weight is 183 g/mol. The molecule has 0 saturated carbocycles. The smallest absolute Gasteiger partial charge is 0.246 e. The number of amides is 1. The number of carbonyl (C=O) groups is 1. The fraction of sp³-hybridized carbons (Fsp3) is 0.700.